The highest BCUT2D eigenvalue weighted by molar-refractivity contribution is 5.73. The summed E-state index contributed by atoms with van der Waals surface area (Å²) in [6, 6.07) is -0.936. The predicted molar refractivity (Wildman–Crippen MR) is 82.2 cm³/mol. The minimum Gasteiger partial charge on any atom is -0.481 e. The summed E-state index contributed by atoms with van der Waals surface area (Å²) in [6.07, 6.45) is 3.27. The lowest BCUT2D eigenvalue weighted by Gasteiger charge is -2.44. The molecule has 0 amide bonds. The lowest BCUT2D eigenvalue weighted by molar-refractivity contribution is -0.140. The topological polar surface area (TPSA) is 104 Å². The molecule has 0 spiro atoms. The Morgan fingerprint density at radius 2 is 1.95 bits per heavy atom. The maximum atomic E-state index is 10.1. The molecule has 6 nitrogen and oxygen atoms in total. The van der Waals surface area contributed by atoms with Crippen molar-refractivity contribution in [2.24, 2.45) is 11.7 Å². The van der Waals surface area contributed by atoms with Crippen LogP contribution in [0.15, 0.2) is 0 Å². The molecule has 0 bridgehead atoms. The van der Waals surface area contributed by atoms with Crippen LogP contribution < -0.4 is 5.73 Å². The van der Waals surface area contributed by atoms with E-state index in [-0.39, 0.29) is 12.8 Å². The van der Waals surface area contributed by atoms with Gasteiger partial charge < -0.3 is 20.8 Å². The second kappa shape index (κ2) is 9.00. The molecule has 0 saturated carbocycles. The van der Waals surface area contributed by atoms with Gasteiger partial charge >= 0.3 is 11.9 Å². The SMILES string of the molecule is CC1CCCN(C)C1(C)C.NC(CCCC(=O)O)C(=O)O. The first-order valence-corrected chi connectivity index (χ1v) is 7.50. The monoisotopic (exact) mass is 302 g/mol. The normalized spacial score (nSPS) is 22.8. The number of carbonyl (C=O) groups is 2. The Labute approximate surface area is 127 Å². The van der Waals surface area contributed by atoms with Crippen LogP contribution >= 0.6 is 0 Å². The van der Waals surface area contributed by atoms with Gasteiger partial charge in [0.25, 0.3) is 0 Å². The number of hydrogen-bond donors (Lipinski definition) is 3. The smallest absolute Gasteiger partial charge is 0.320 e. The summed E-state index contributed by atoms with van der Waals surface area (Å²) in [7, 11) is 2.23. The molecule has 1 aliphatic rings. The fourth-order valence-electron chi connectivity index (χ4n) is 2.25. The Hall–Kier alpha value is -1.14. The van der Waals surface area contributed by atoms with Crippen molar-refractivity contribution in [3.05, 3.63) is 0 Å². The summed E-state index contributed by atoms with van der Waals surface area (Å²) in [5.74, 6) is -1.16. The van der Waals surface area contributed by atoms with E-state index in [0.717, 1.165) is 5.92 Å². The summed E-state index contributed by atoms with van der Waals surface area (Å²) in [6.45, 7) is 8.32. The largest absolute Gasteiger partial charge is 0.481 e. The molecule has 2 atom stereocenters. The molecule has 0 aromatic heterocycles. The molecular formula is C15H30N2O4. The first-order valence-electron chi connectivity index (χ1n) is 7.50. The molecule has 1 fully saturated rings. The molecule has 0 aromatic carbocycles. The highest BCUT2D eigenvalue weighted by Crippen LogP contribution is 2.31. The molecule has 1 aliphatic heterocycles. The molecule has 0 radical (unpaired) electrons. The zero-order valence-corrected chi connectivity index (χ0v) is 13.6. The zero-order chi connectivity index (χ0) is 16.6. The third kappa shape index (κ3) is 7.43. The average molecular weight is 302 g/mol. The third-order valence-corrected chi connectivity index (χ3v) is 4.54. The standard InChI is InChI=1S/C9H19N.C6H11NO4/c1-8-6-5-7-10(4)9(8,2)3;7-4(6(10)11)2-1-3-5(8)9/h8H,5-7H2,1-4H3;4H,1-3,7H2,(H,8,9)(H,10,11). The number of carboxylic acids is 2. The quantitative estimate of drug-likeness (QED) is 0.715. The summed E-state index contributed by atoms with van der Waals surface area (Å²) in [4.78, 5) is 22.5. The first kappa shape index (κ1) is 19.9. The zero-order valence-electron chi connectivity index (χ0n) is 13.6. The number of likely N-dealkylation sites (tertiary alicyclic amines) is 1. The highest BCUT2D eigenvalue weighted by Gasteiger charge is 2.32. The molecule has 1 heterocycles. The van der Waals surface area contributed by atoms with Gasteiger partial charge in [-0.05, 0) is 59.0 Å². The third-order valence-electron chi connectivity index (χ3n) is 4.54. The van der Waals surface area contributed by atoms with Crippen molar-refractivity contribution in [1.29, 1.82) is 0 Å². The average Bonchev–Trinajstić information content (AvgIpc) is 2.36. The van der Waals surface area contributed by atoms with Gasteiger partial charge in [-0.3, -0.25) is 9.59 Å². The van der Waals surface area contributed by atoms with Crippen LogP contribution in [-0.4, -0.2) is 52.2 Å². The number of nitrogens with two attached hydrogens (primary N) is 1. The molecule has 124 valence electrons. The minimum atomic E-state index is -1.09. The van der Waals surface area contributed by atoms with E-state index in [1.165, 1.54) is 19.4 Å². The molecule has 1 rings (SSSR count). The maximum absolute atomic E-state index is 10.1. The number of aliphatic carboxylic acids is 2. The van der Waals surface area contributed by atoms with Crippen LogP contribution in [-0.2, 0) is 9.59 Å². The van der Waals surface area contributed by atoms with E-state index < -0.39 is 18.0 Å². The molecule has 2 unspecified atom stereocenters. The van der Waals surface area contributed by atoms with Gasteiger partial charge in [-0.25, -0.2) is 0 Å². The Kier molecular flexibility index (Phi) is 8.51. The Morgan fingerprint density at radius 3 is 2.33 bits per heavy atom. The van der Waals surface area contributed by atoms with E-state index in [0.29, 0.717) is 12.0 Å². The van der Waals surface area contributed by atoms with Gasteiger partial charge in [0, 0.05) is 12.0 Å². The van der Waals surface area contributed by atoms with Crippen molar-refractivity contribution in [3.8, 4) is 0 Å². The van der Waals surface area contributed by atoms with Gasteiger partial charge in [0.15, 0.2) is 0 Å². The fourth-order valence-corrected chi connectivity index (χ4v) is 2.25. The van der Waals surface area contributed by atoms with Crippen LogP contribution in [0.3, 0.4) is 0 Å². The fraction of sp³-hybridized carbons (Fsp3) is 0.867. The highest BCUT2D eigenvalue weighted by atomic mass is 16.4. The van der Waals surface area contributed by atoms with Crippen molar-refractivity contribution >= 4 is 11.9 Å². The van der Waals surface area contributed by atoms with Gasteiger partial charge in [-0.15, -0.1) is 0 Å². The van der Waals surface area contributed by atoms with Gasteiger partial charge in [-0.2, -0.15) is 0 Å². The lowest BCUT2D eigenvalue weighted by atomic mass is 9.81. The van der Waals surface area contributed by atoms with E-state index in [2.05, 4.69) is 32.7 Å². The van der Waals surface area contributed by atoms with Crippen molar-refractivity contribution in [2.75, 3.05) is 13.6 Å². The van der Waals surface area contributed by atoms with Crippen LogP contribution in [0.2, 0.25) is 0 Å². The van der Waals surface area contributed by atoms with E-state index in [4.69, 9.17) is 15.9 Å². The van der Waals surface area contributed by atoms with Gasteiger partial charge in [0.1, 0.15) is 6.04 Å². The molecule has 6 heteroatoms. The van der Waals surface area contributed by atoms with Crippen molar-refractivity contribution in [3.63, 3.8) is 0 Å². The molecule has 0 aromatic rings. The second-order valence-electron chi connectivity index (χ2n) is 6.35. The van der Waals surface area contributed by atoms with Crippen LogP contribution in [0.4, 0.5) is 0 Å². The van der Waals surface area contributed by atoms with Crippen LogP contribution in [0.1, 0.15) is 52.9 Å². The molecule has 1 saturated heterocycles. The van der Waals surface area contributed by atoms with E-state index >= 15 is 0 Å². The molecule has 4 N–H and O–H groups in total. The van der Waals surface area contributed by atoms with Crippen LogP contribution in [0.5, 0.6) is 0 Å². The van der Waals surface area contributed by atoms with Gasteiger partial charge in [0.2, 0.25) is 0 Å². The molecular weight excluding hydrogens is 272 g/mol. The minimum absolute atomic E-state index is 0.0268. The van der Waals surface area contributed by atoms with E-state index in [1.807, 2.05) is 0 Å². The Balaban J connectivity index is 0.000000382. The Morgan fingerprint density at radius 1 is 1.38 bits per heavy atom. The van der Waals surface area contributed by atoms with E-state index in [9.17, 15) is 9.59 Å². The van der Waals surface area contributed by atoms with Gasteiger partial charge in [-0.1, -0.05) is 6.92 Å². The van der Waals surface area contributed by atoms with Crippen molar-refractivity contribution in [2.45, 2.75) is 64.5 Å². The predicted octanol–water partition coefficient (Wildman–Crippen LogP) is 1.78. The van der Waals surface area contributed by atoms with Crippen LogP contribution in [0, 0.1) is 5.92 Å². The second-order valence-corrected chi connectivity index (χ2v) is 6.35. The number of nitrogens with zero attached hydrogens (tertiary/aromatic N) is 1. The van der Waals surface area contributed by atoms with Gasteiger partial charge in [0.05, 0.1) is 0 Å². The first-order chi connectivity index (χ1) is 9.59. The maximum Gasteiger partial charge on any atom is 0.320 e. The molecule has 0 aliphatic carbocycles. The number of rotatable bonds is 5. The van der Waals surface area contributed by atoms with Crippen molar-refractivity contribution < 1.29 is 19.8 Å². The summed E-state index contributed by atoms with van der Waals surface area (Å²) >= 11 is 0. The molecule has 21 heavy (non-hydrogen) atoms. The lowest BCUT2D eigenvalue weighted by Crippen LogP contribution is -2.49. The summed E-state index contributed by atoms with van der Waals surface area (Å²) in [5.41, 5.74) is 5.54. The van der Waals surface area contributed by atoms with Crippen molar-refractivity contribution in [1.82, 2.24) is 4.90 Å². The van der Waals surface area contributed by atoms with Crippen LogP contribution in [0.25, 0.3) is 0 Å². The number of piperidine rings is 1. The number of carboxylic acid groups (broad SMARTS) is 2. The number of hydrogen-bond acceptors (Lipinski definition) is 4. The summed E-state index contributed by atoms with van der Waals surface area (Å²) < 4.78 is 0. The van der Waals surface area contributed by atoms with E-state index in [1.54, 1.807) is 0 Å². The Bertz CT molecular complexity index is 333. The summed E-state index contributed by atoms with van der Waals surface area (Å²) in [5, 5.41) is 16.5.